The monoisotopic (exact) mass is 279 g/mol. The number of aromatic amines is 1. The van der Waals surface area contributed by atoms with E-state index < -0.39 is 5.41 Å². The Morgan fingerprint density at radius 2 is 2.21 bits per heavy atom. The van der Waals surface area contributed by atoms with Crippen LogP contribution in [0.2, 0.25) is 0 Å². The third kappa shape index (κ3) is 2.49. The van der Waals surface area contributed by atoms with Gasteiger partial charge < -0.3 is 20.0 Å². The van der Waals surface area contributed by atoms with Gasteiger partial charge in [0.1, 0.15) is 5.75 Å². The summed E-state index contributed by atoms with van der Waals surface area (Å²) in [5.74, 6) is 0.405. The molecule has 0 aliphatic carbocycles. The van der Waals surface area contributed by atoms with E-state index in [1.54, 1.807) is 21.0 Å². The van der Waals surface area contributed by atoms with E-state index in [1.165, 1.54) is 0 Å². The minimum Gasteiger partial charge on any atom is -0.497 e. The molecule has 0 spiro atoms. The molecule has 0 aliphatic heterocycles. The first kappa shape index (κ1) is 13.6. The van der Waals surface area contributed by atoms with Gasteiger partial charge in [0.2, 0.25) is 5.91 Å². The molecule has 0 aliphatic rings. The summed E-state index contributed by atoms with van der Waals surface area (Å²) < 4.78 is 7.62. The lowest BCUT2D eigenvalue weighted by Gasteiger charge is -2.21. The Morgan fingerprint density at radius 1 is 1.53 bits per heavy atom. The van der Waals surface area contributed by atoms with Crippen LogP contribution in [-0.4, -0.2) is 22.6 Å². The number of carbonyl (C=O) groups is 1. The SMILES string of the molecule is COc1ccc2c(c1)[nH]c(=S)n2CC(C)(C)C(N)=O. The molecule has 0 unspecified atom stereocenters. The van der Waals surface area contributed by atoms with Crippen molar-refractivity contribution in [1.82, 2.24) is 9.55 Å². The number of benzene rings is 1. The summed E-state index contributed by atoms with van der Waals surface area (Å²) in [5.41, 5.74) is 6.56. The highest BCUT2D eigenvalue weighted by Crippen LogP contribution is 2.24. The van der Waals surface area contributed by atoms with Crippen molar-refractivity contribution in [2.75, 3.05) is 7.11 Å². The van der Waals surface area contributed by atoms with E-state index in [2.05, 4.69) is 4.98 Å². The number of primary amides is 1. The molecule has 0 bridgehead atoms. The Hall–Kier alpha value is -1.82. The maximum absolute atomic E-state index is 11.4. The molecular formula is C13H17N3O2S. The first-order valence-electron chi connectivity index (χ1n) is 5.91. The minimum atomic E-state index is -0.659. The average molecular weight is 279 g/mol. The maximum atomic E-state index is 11.4. The zero-order valence-electron chi connectivity index (χ0n) is 11.2. The standard InChI is InChI=1S/C13H17N3O2S/c1-13(2,11(14)17)7-16-10-5-4-8(18-3)6-9(10)15-12(16)19/h4-6H,7H2,1-3H3,(H2,14,17)(H,15,19). The quantitative estimate of drug-likeness (QED) is 0.843. The first-order chi connectivity index (χ1) is 8.85. The summed E-state index contributed by atoms with van der Waals surface area (Å²) in [6.45, 7) is 4.05. The number of nitrogens with zero attached hydrogens (tertiary/aromatic N) is 1. The lowest BCUT2D eigenvalue weighted by Crippen LogP contribution is -2.35. The normalized spacial score (nSPS) is 11.7. The lowest BCUT2D eigenvalue weighted by atomic mass is 9.92. The lowest BCUT2D eigenvalue weighted by molar-refractivity contribution is -0.126. The van der Waals surface area contributed by atoms with Gasteiger partial charge in [-0.3, -0.25) is 4.79 Å². The number of aromatic nitrogens is 2. The van der Waals surface area contributed by atoms with E-state index in [4.69, 9.17) is 22.7 Å². The van der Waals surface area contributed by atoms with Crippen LogP contribution in [0.4, 0.5) is 0 Å². The largest absolute Gasteiger partial charge is 0.497 e. The average Bonchev–Trinajstić information content (AvgIpc) is 2.64. The van der Waals surface area contributed by atoms with Crippen LogP contribution in [0.25, 0.3) is 11.0 Å². The van der Waals surface area contributed by atoms with Gasteiger partial charge >= 0.3 is 0 Å². The Labute approximate surface area is 116 Å². The van der Waals surface area contributed by atoms with Gasteiger partial charge in [0.15, 0.2) is 4.77 Å². The predicted octanol–water partition coefficient (Wildman–Crippen LogP) is 2.22. The molecular weight excluding hydrogens is 262 g/mol. The Bertz CT molecular complexity index is 685. The van der Waals surface area contributed by atoms with E-state index >= 15 is 0 Å². The molecule has 2 aromatic rings. The number of hydrogen-bond acceptors (Lipinski definition) is 3. The molecule has 0 saturated heterocycles. The highest BCUT2D eigenvalue weighted by Gasteiger charge is 2.26. The van der Waals surface area contributed by atoms with Crippen molar-refractivity contribution in [3.63, 3.8) is 0 Å². The van der Waals surface area contributed by atoms with Crippen molar-refractivity contribution in [1.29, 1.82) is 0 Å². The number of hydrogen-bond donors (Lipinski definition) is 2. The second-order valence-electron chi connectivity index (χ2n) is 5.15. The van der Waals surface area contributed by atoms with Crippen LogP contribution in [0.3, 0.4) is 0 Å². The van der Waals surface area contributed by atoms with Crippen molar-refractivity contribution in [2.24, 2.45) is 11.1 Å². The third-order valence-electron chi connectivity index (χ3n) is 3.20. The van der Waals surface area contributed by atoms with Gasteiger partial charge in [0.25, 0.3) is 0 Å². The molecule has 6 heteroatoms. The number of amides is 1. The van der Waals surface area contributed by atoms with Crippen LogP contribution in [-0.2, 0) is 11.3 Å². The van der Waals surface area contributed by atoms with Crippen LogP contribution < -0.4 is 10.5 Å². The number of nitrogens with two attached hydrogens (primary N) is 1. The van der Waals surface area contributed by atoms with E-state index in [-0.39, 0.29) is 5.91 Å². The first-order valence-corrected chi connectivity index (χ1v) is 6.32. The molecule has 0 atom stereocenters. The Morgan fingerprint density at radius 3 is 2.79 bits per heavy atom. The summed E-state index contributed by atoms with van der Waals surface area (Å²) in [6.07, 6.45) is 0. The second-order valence-corrected chi connectivity index (χ2v) is 5.53. The van der Waals surface area contributed by atoms with Crippen LogP contribution >= 0.6 is 12.2 Å². The number of ether oxygens (including phenoxy) is 1. The fourth-order valence-corrected chi connectivity index (χ4v) is 2.17. The molecule has 1 heterocycles. The third-order valence-corrected chi connectivity index (χ3v) is 3.52. The zero-order chi connectivity index (χ0) is 14.2. The molecule has 0 radical (unpaired) electrons. The molecule has 1 amide bonds. The van der Waals surface area contributed by atoms with Crippen molar-refractivity contribution >= 4 is 29.2 Å². The maximum Gasteiger partial charge on any atom is 0.224 e. The summed E-state index contributed by atoms with van der Waals surface area (Å²) in [6, 6.07) is 5.65. The van der Waals surface area contributed by atoms with Gasteiger partial charge in [0.05, 0.1) is 23.6 Å². The number of carbonyl (C=O) groups excluding carboxylic acids is 1. The number of rotatable bonds is 4. The highest BCUT2D eigenvalue weighted by molar-refractivity contribution is 7.71. The van der Waals surface area contributed by atoms with Crippen molar-refractivity contribution in [2.45, 2.75) is 20.4 Å². The fourth-order valence-electron chi connectivity index (χ4n) is 1.90. The molecule has 0 fully saturated rings. The summed E-state index contributed by atoms with van der Waals surface area (Å²) >= 11 is 5.30. The molecule has 3 N–H and O–H groups in total. The molecule has 2 rings (SSSR count). The smallest absolute Gasteiger partial charge is 0.224 e. The van der Waals surface area contributed by atoms with Crippen LogP contribution in [0.5, 0.6) is 5.75 Å². The molecule has 5 nitrogen and oxygen atoms in total. The van der Waals surface area contributed by atoms with Crippen LogP contribution in [0.1, 0.15) is 13.8 Å². The number of nitrogens with one attached hydrogen (secondary N) is 1. The molecule has 19 heavy (non-hydrogen) atoms. The Balaban J connectivity index is 2.52. The van der Waals surface area contributed by atoms with Gasteiger partial charge in [-0.2, -0.15) is 0 Å². The minimum absolute atomic E-state index is 0.350. The summed E-state index contributed by atoms with van der Waals surface area (Å²) in [7, 11) is 1.61. The molecule has 1 aromatic carbocycles. The van der Waals surface area contributed by atoms with Crippen molar-refractivity contribution < 1.29 is 9.53 Å². The zero-order valence-corrected chi connectivity index (χ0v) is 12.0. The second kappa shape index (κ2) is 4.70. The topological polar surface area (TPSA) is 73.0 Å². The van der Waals surface area contributed by atoms with Crippen LogP contribution in [0, 0.1) is 10.2 Å². The predicted molar refractivity (Wildman–Crippen MR) is 76.7 cm³/mol. The molecule has 1 aromatic heterocycles. The van der Waals surface area contributed by atoms with E-state index in [0.29, 0.717) is 11.3 Å². The van der Waals surface area contributed by atoms with Gasteiger partial charge in [-0.05, 0) is 38.2 Å². The van der Waals surface area contributed by atoms with E-state index in [1.807, 2.05) is 22.8 Å². The number of H-pyrrole nitrogens is 1. The van der Waals surface area contributed by atoms with E-state index in [0.717, 1.165) is 16.8 Å². The molecule has 102 valence electrons. The van der Waals surface area contributed by atoms with Crippen LogP contribution in [0.15, 0.2) is 18.2 Å². The number of fused-ring (bicyclic) bond motifs is 1. The van der Waals surface area contributed by atoms with Gasteiger partial charge in [-0.1, -0.05) is 0 Å². The number of imidazole rings is 1. The van der Waals surface area contributed by atoms with Crippen molar-refractivity contribution in [3.8, 4) is 5.75 Å². The van der Waals surface area contributed by atoms with Crippen molar-refractivity contribution in [3.05, 3.63) is 23.0 Å². The van der Waals surface area contributed by atoms with E-state index in [9.17, 15) is 4.79 Å². The Kier molecular flexibility index (Phi) is 3.36. The van der Waals surface area contributed by atoms with Gasteiger partial charge in [0, 0.05) is 12.6 Å². The number of methoxy groups -OCH3 is 1. The highest BCUT2D eigenvalue weighted by atomic mass is 32.1. The molecule has 0 saturated carbocycles. The summed E-state index contributed by atoms with van der Waals surface area (Å²) in [5, 5.41) is 0. The summed E-state index contributed by atoms with van der Waals surface area (Å²) in [4.78, 5) is 14.5. The fraction of sp³-hybridized carbons (Fsp3) is 0.385. The van der Waals surface area contributed by atoms with Gasteiger partial charge in [-0.15, -0.1) is 0 Å². The van der Waals surface area contributed by atoms with Gasteiger partial charge in [-0.25, -0.2) is 0 Å².